The average molecular weight is 322 g/mol. The van der Waals surface area contributed by atoms with E-state index in [-0.39, 0.29) is 11.3 Å². The highest BCUT2D eigenvalue weighted by Crippen LogP contribution is 2.27. The van der Waals surface area contributed by atoms with Crippen molar-refractivity contribution in [2.24, 2.45) is 0 Å². The topological polar surface area (TPSA) is 72.5 Å². The van der Waals surface area contributed by atoms with Crippen molar-refractivity contribution >= 4 is 37.6 Å². The van der Waals surface area contributed by atoms with Gasteiger partial charge in [0, 0.05) is 0 Å². The molecular weight excluding hydrogens is 310 g/mol. The summed E-state index contributed by atoms with van der Waals surface area (Å²) in [4.78, 5) is 11.4. The summed E-state index contributed by atoms with van der Waals surface area (Å²) in [5.74, 6) is -0.573. The number of anilines is 1. The summed E-state index contributed by atoms with van der Waals surface area (Å²) in [5, 5.41) is 0. The van der Waals surface area contributed by atoms with E-state index < -0.39 is 16.0 Å². The van der Waals surface area contributed by atoms with Gasteiger partial charge in [-0.2, -0.15) is 0 Å². The van der Waals surface area contributed by atoms with Crippen molar-refractivity contribution in [2.75, 3.05) is 17.6 Å². The minimum absolute atomic E-state index is 0.0398. The molecule has 1 aromatic carbocycles. The largest absolute Gasteiger partial charge is 0.465 e. The minimum atomic E-state index is -3.38. The van der Waals surface area contributed by atoms with E-state index in [1.54, 1.807) is 18.2 Å². The maximum Gasteiger partial charge on any atom is 0.339 e. The molecule has 1 rings (SSSR count). The molecule has 0 bridgehead atoms. The van der Waals surface area contributed by atoms with Crippen LogP contribution in [0.15, 0.2) is 22.7 Å². The summed E-state index contributed by atoms with van der Waals surface area (Å²) < 4.78 is 30.2. The Hall–Kier alpha value is -1.08. The number of rotatable bonds is 4. The van der Waals surface area contributed by atoms with Crippen molar-refractivity contribution in [1.29, 1.82) is 0 Å². The predicted octanol–water partition coefficient (Wildman–Crippen LogP) is 2.00. The molecule has 94 valence electrons. The maximum atomic E-state index is 11.4. The lowest BCUT2D eigenvalue weighted by atomic mass is 10.2. The van der Waals surface area contributed by atoms with Crippen LogP contribution in [0.3, 0.4) is 0 Å². The summed E-state index contributed by atoms with van der Waals surface area (Å²) in [5.41, 5.74) is 0.582. The Balaban J connectivity index is 3.16. The van der Waals surface area contributed by atoms with E-state index in [1.807, 2.05) is 0 Å². The number of nitrogens with one attached hydrogen (secondary N) is 1. The molecule has 1 N–H and O–H groups in total. The van der Waals surface area contributed by atoms with Gasteiger partial charge in [-0.25, -0.2) is 13.2 Å². The molecule has 1 aromatic rings. The number of benzene rings is 1. The Morgan fingerprint density at radius 3 is 2.65 bits per heavy atom. The van der Waals surface area contributed by atoms with Crippen LogP contribution in [0.4, 0.5) is 5.69 Å². The van der Waals surface area contributed by atoms with Gasteiger partial charge >= 0.3 is 5.97 Å². The molecule has 7 heteroatoms. The molecule has 0 aliphatic carbocycles. The first-order valence-electron chi connectivity index (χ1n) is 4.78. The van der Waals surface area contributed by atoms with Crippen molar-refractivity contribution < 1.29 is 17.9 Å². The average Bonchev–Trinajstić information content (AvgIpc) is 2.31. The number of carbonyl (C=O) groups excluding carboxylic acids is 1. The standard InChI is InChI=1S/C10H12BrNO4S/c1-3-17(14,15)12-8-6-4-5-7(9(8)11)10(13)16-2/h4-6,12H,3H2,1-2H3. The van der Waals surface area contributed by atoms with Gasteiger partial charge in [-0.15, -0.1) is 0 Å². The fourth-order valence-electron chi connectivity index (χ4n) is 1.12. The molecule has 0 unspecified atom stereocenters. The molecule has 0 amide bonds. The second kappa shape index (κ2) is 5.50. The molecule has 0 fully saturated rings. The number of esters is 1. The fourth-order valence-corrected chi connectivity index (χ4v) is 2.42. The van der Waals surface area contributed by atoms with Gasteiger partial charge in [-0.1, -0.05) is 6.07 Å². The van der Waals surface area contributed by atoms with Crippen LogP contribution in [0.2, 0.25) is 0 Å². The Morgan fingerprint density at radius 2 is 2.12 bits per heavy atom. The van der Waals surface area contributed by atoms with Crippen LogP contribution in [-0.2, 0) is 14.8 Å². The number of carbonyl (C=O) groups is 1. The van der Waals surface area contributed by atoms with Gasteiger partial charge in [0.25, 0.3) is 0 Å². The highest BCUT2D eigenvalue weighted by molar-refractivity contribution is 9.10. The minimum Gasteiger partial charge on any atom is -0.465 e. The van der Waals surface area contributed by atoms with Gasteiger partial charge < -0.3 is 4.74 Å². The smallest absolute Gasteiger partial charge is 0.339 e. The lowest BCUT2D eigenvalue weighted by Gasteiger charge is -2.10. The highest BCUT2D eigenvalue weighted by Gasteiger charge is 2.16. The van der Waals surface area contributed by atoms with E-state index >= 15 is 0 Å². The van der Waals surface area contributed by atoms with Crippen molar-refractivity contribution in [3.63, 3.8) is 0 Å². The van der Waals surface area contributed by atoms with Crippen LogP contribution < -0.4 is 4.72 Å². The lowest BCUT2D eigenvalue weighted by Crippen LogP contribution is -2.15. The first-order chi connectivity index (χ1) is 7.91. The number of methoxy groups -OCH3 is 1. The molecule has 0 atom stereocenters. The zero-order chi connectivity index (χ0) is 13.1. The van der Waals surface area contributed by atoms with Crippen molar-refractivity contribution in [2.45, 2.75) is 6.92 Å². The van der Waals surface area contributed by atoms with E-state index in [9.17, 15) is 13.2 Å². The molecule has 0 radical (unpaired) electrons. The molecule has 0 spiro atoms. The van der Waals surface area contributed by atoms with Gasteiger partial charge in [0.2, 0.25) is 10.0 Å². The predicted molar refractivity (Wildman–Crippen MR) is 68.6 cm³/mol. The molecular formula is C10H12BrNO4S. The summed E-state index contributed by atoms with van der Waals surface area (Å²) in [6, 6.07) is 4.67. The van der Waals surface area contributed by atoms with Gasteiger partial charge in [0.05, 0.1) is 28.6 Å². The molecule has 0 aliphatic rings. The van der Waals surface area contributed by atoms with Crippen molar-refractivity contribution in [3.8, 4) is 0 Å². The third-order valence-corrected chi connectivity index (χ3v) is 4.19. The van der Waals surface area contributed by atoms with Crippen LogP contribution in [-0.4, -0.2) is 27.2 Å². The second-order valence-electron chi connectivity index (χ2n) is 3.16. The maximum absolute atomic E-state index is 11.4. The Labute approximate surface area is 108 Å². The number of halogens is 1. The highest BCUT2D eigenvalue weighted by atomic mass is 79.9. The molecule has 17 heavy (non-hydrogen) atoms. The zero-order valence-electron chi connectivity index (χ0n) is 9.36. The Bertz CT molecular complexity index is 527. The molecule has 0 heterocycles. The third-order valence-electron chi connectivity index (χ3n) is 2.05. The Kier molecular flexibility index (Phi) is 4.53. The number of ether oxygens (including phenoxy) is 1. The van der Waals surface area contributed by atoms with Crippen LogP contribution >= 0.6 is 15.9 Å². The second-order valence-corrected chi connectivity index (χ2v) is 5.97. The summed E-state index contributed by atoms with van der Waals surface area (Å²) in [6.45, 7) is 1.53. The summed E-state index contributed by atoms with van der Waals surface area (Å²) in [7, 11) is -2.11. The summed E-state index contributed by atoms with van der Waals surface area (Å²) >= 11 is 3.18. The number of hydrogen-bond donors (Lipinski definition) is 1. The van der Waals surface area contributed by atoms with Crippen LogP contribution in [0, 0.1) is 0 Å². The monoisotopic (exact) mass is 321 g/mol. The van der Waals surface area contributed by atoms with Crippen molar-refractivity contribution in [1.82, 2.24) is 0 Å². The molecule has 5 nitrogen and oxygen atoms in total. The summed E-state index contributed by atoms with van der Waals surface area (Å²) in [6.07, 6.45) is 0. The van der Waals surface area contributed by atoms with E-state index in [0.29, 0.717) is 10.2 Å². The van der Waals surface area contributed by atoms with Gasteiger partial charge in [-0.05, 0) is 35.0 Å². The van der Waals surface area contributed by atoms with E-state index in [4.69, 9.17) is 0 Å². The zero-order valence-corrected chi connectivity index (χ0v) is 11.8. The first kappa shape index (κ1) is 14.0. The van der Waals surface area contributed by atoms with Gasteiger partial charge in [0.1, 0.15) is 0 Å². The molecule has 0 aliphatic heterocycles. The van der Waals surface area contributed by atoms with Gasteiger partial charge in [-0.3, -0.25) is 4.72 Å². The third kappa shape index (κ3) is 3.44. The SMILES string of the molecule is CCS(=O)(=O)Nc1cccc(C(=O)OC)c1Br. The normalized spacial score (nSPS) is 11.0. The lowest BCUT2D eigenvalue weighted by molar-refractivity contribution is 0.0599. The van der Waals surface area contributed by atoms with Crippen LogP contribution in [0.5, 0.6) is 0 Å². The van der Waals surface area contributed by atoms with Crippen LogP contribution in [0.1, 0.15) is 17.3 Å². The first-order valence-corrected chi connectivity index (χ1v) is 7.23. The van der Waals surface area contributed by atoms with Crippen LogP contribution in [0.25, 0.3) is 0 Å². The van der Waals surface area contributed by atoms with E-state index in [2.05, 4.69) is 25.4 Å². The quantitative estimate of drug-likeness (QED) is 0.861. The van der Waals surface area contributed by atoms with E-state index in [0.717, 1.165) is 0 Å². The molecule has 0 saturated carbocycles. The number of sulfonamides is 1. The van der Waals surface area contributed by atoms with Crippen molar-refractivity contribution in [3.05, 3.63) is 28.2 Å². The van der Waals surface area contributed by atoms with Gasteiger partial charge in [0.15, 0.2) is 0 Å². The molecule has 0 saturated heterocycles. The molecule has 0 aromatic heterocycles. The van der Waals surface area contributed by atoms with E-state index in [1.165, 1.54) is 14.0 Å². The number of hydrogen-bond acceptors (Lipinski definition) is 4. The fraction of sp³-hybridized carbons (Fsp3) is 0.300. The Morgan fingerprint density at radius 1 is 1.47 bits per heavy atom.